The lowest BCUT2D eigenvalue weighted by Crippen LogP contribution is -2.58. The van der Waals surface area contributed by atoms with Crippen molar-refractivity contribution in [2.45, 2.75) is 24.9 Å². The van der Waals surface area contributed by atoms with Gasteiger partial charge in [-0.05, 0) is 47.9 Å². The molecule has 11 nitrogen and oxygen atoms in total. The molecule has 0 unspecified atom stereocenters. The number of aromatic nitrogens is 3. The molecular weight excluding hydrogens is 531 g/mol. The second-order valence-corrected chi connectivity index (χ2v) is 9.33. The molecule has 2 aromatic heterocycles. The highest BCUT2D eigenvalue weighted by molar-refractivity contribution is 6.00. The van der Waals surface area contributed by atoms with Gasteiger partial charge < -0.3 is 25.6 Å². The molecule has 0 saturated carbocycles. The minimum Gasteiger partial charge on any atom is -0.382 e. The number of benzene rings is 1. The second-order valence-electron chi connectivity index (χ2n) is 9.33. The van der Waals surface area contributed by atoms with Gasteiger partial charge in [0.2, 0.25) is 0 Å². The zero-order valence-corrected chi connectivity index (χ0v) is 22.0. The number of hydrogen-bond acceptors (Lipinski definition) is 6. The summed E-state index contributed by atoms with van der Waals surface area (Å²) in [5, 5.41) is 11.4. The van der Waals surface area contributed by atoms with E-state index in [9.17, 15) is 27.6 Å². The van der Waals surface area contributed by atoms with Gasteiger partial charge in [0.1, 0.15) is 23.4 Å². The number of aryl methyl sites for hydroxylation is 2. The molecule has 4 amide bonds. The Morgan fingerprint density at radius 1 is 1.18 bits per heavy atom. The highest BCUT2D eigenvalue weighted by Gasteiger charge is 2.42. The van der Waals surface area contributed by atoms with Gasteiger partial charge in [-0.3, -0.25) is 14.3 Å². The largest absolute Gasteiger partial charge is 0.382 e. The average molecular weight is 560 g/mol. The molecule has 0 aliphatic carbocycles. The van der Waals surface area contributed by atoms with Gasteiger partial charge in [-0.2, -0.15) is 5.10 Å². The van der Waals surface area contributed by atoms with Crippen molar-refractivity contribution in [3.63, 3.8) is 0 Å². The number of alkyl halides is 2. The Morgan fingerprint density at radius 2 is 1.95 bits per heavy atom. The predicted molar refractivity (Wildman–Crippen MR) is 137 cm³/mol. The lowest BCUT2D eigenvalue weighted by molar-refractivity contribution is -0.118. The molecule has 0 spiro atoms. The van der Waals surface area contributed by atoms with Crippen molar-refractivity contribution < 1.29 is 32.3 Å². The van der Waals surface area contributed by atoms with E-state index in [-0.39, 0.29) is 23.7 Å². The topological polar surface area (TPSA) is 130 Å². The summed E-state index contributed by atoms with van der Waals surface area (Å²) >= 11 is 0. The number of rotatable bonds is 9. The maximum Gasteiger partial charge on any atom is 0.318 e. The summed E-state index contributed by atoms with van der Waals surface area (Å²) in [5.41, 5.74) is 1.15. The summed E-state index contributed by atoms with van der Waals surface area (Å²) in [6.07, 6.45) is 2.77. The van der Waals surface area contributed by atoms with Gasteiger partial charge in [-0.15, -0.1) is 0 Å². The first-order chi connectivity index (χ1) is 19.0. The predicted octanol–water partition coefficient (Wildman–Crippen LogP) is 2.72. The van der Waals surface area contributed by atoms with E-state index in [1.54, 1.807) is 7.05 Å². The van der Waals surface area contributed by atoms with Crippen LogP contribution in [-0.4, -0.2) is 70.2 Å². The number of ether oxygens (including phenoxy) is 1. The molecule has 4 rings (SSSR count). The quantitative estimate of drug-likeness (QED) is 0.370. The second kappa shape index (κ2) is 11.7. The van der Waals surface area contributed by atoms with Crippen molar-refractivity contribution in [1.82, 2.24) is 30.3 Å². The summed E-state index contributed by atoms with van der Waals surface area (Å²) in [7, 11) is 2.94. The number of nitrogens with one attached hydrogen (secondary N) is 3. The molecule has 0 bridgehead atoms. The number of anilines is 1. The fourth-order valence-electron chi connectivity index (χ4n) is 4.33. The number of carbonyl (C=O) groups excluding carboxylic acids is 3. The standard InChI is InChI=1S/C26H28F3N7O4/c1-15-10-17(4-5-18(15)27)22(34-23(37)19-7-9-32-35(19)2)24(38)33-21-11-16(6-8-30-21)20(12-40-3)36-14-26(28,29)13-31-25(36)39/h4-11,20,22H,12-14H2,1-3H3,(H,31,39)(H,34,37)(H,30,33,38)/t20-,22+/m1/s1. The molecule has 212 valence electrons. The molecule has 1 aromatic carbocycles. The van der Waals surface area contributed by atoms with E-state index in [0.29, 0.717) is 11.1 Å². The number of nitrogens with zero attached hydrogens (tertiary/aromatic N) is 4. The van der Waals surface area contributed by atoms with Crippen LogP contribution in [-0.2, 0) is 16.6 Å². The maximum atomic E-state index is 14.1. The van der Waals surface area contributed by atoms with E-state index >= 15 is 0 Å². The van der Waals surface area contributed by atoms with E-state index in [2.05, 4.69) is 26.0 Å². The van der Waals surface area contributed by atoms with Crippen molar-refractivity contribution in [1.29, 1.82) is 0 Å². The normalized spacial score (nSPS) is 16.1. The SMILES string of the molecule is COC[C@H](c1ccnc(NC(=O)[C@@H](NC(=O)c2ccnn2C)c2ccc(F)c(C)c2)c1)N1CC(F)(F)CNC1=O. The highest BCUT2D eigenvalue weighted by Crippen LogP contribution is 2.29. The van der Waals surface area contributed by atoms with Crippen LogP contribution in [0.15, 0.2) is 48.8 Å². The minimum absolute atomic E-state index is 0.0337. The van der Waals surface area contributed by atoms with Crippen LogP contribution in [0.1, 0.15) is 39.3 Å². The van der Waals surface area contributed by atoms with Crippen molar-refractivity contribution in [2.24, 2.45) is 7.05 Å². The smallest absolute Gasteiger partial charge is 0.318 e. The summed E-state index contributed by atoms with van der Waals surface area (Å²) in [4.78, 5) is 43.9. The molecule has 3 heterocycles. The number of carbonyl (C=O) groups is 3. The molecular formula is C26H28F3N7O4. The molecule has 40 heavy (non-hydrogen) atoms. The van der Waals surface area contributed by atoms with Gasteiger partial charge in [0.15, 0.2) is 0 Å². The van der Waals surface area contributed by atoms with Crippen molar-refractivity contribution in [3.05, 3.63) is 77.0 Å². The zero-order valence-electron chi connectivity index (χ0n) is 22.0. The summed E-state index contributed by atoms with van der Waals surface area (Å²) < 4.78 is 48.7. The van der Waals surface area contributed by atoms with E-state index in [0.717, 1.165) is 4.90 Å². The van der Waals surface area contributed by atoms with Gasteiger partial charge in [0, 0.05) is 26.6 Å². The van der Waals surface area contributed by atoms with Crippen LogP contribution in [0.25, 0.3) is 0 Å². The Kier molecular flexibility index (Phi) is 8.38. The van der Waals surface area contributed by atoms with E-state index < -0.39 is 54.8 Å². The Bertz CT molecular complexity index is 1410. The molecule has 1 aliphatic rings. The number of halogens is 3. The number of hydrogen-bond donors (Lipinski definition) is 3. The molecule has 0 radical (unpaired) electrons. The Labute approximate surface area is 227 Å². The first-order valence-corrected chi connectivity index (χ1v) is 12.2. The zero-order chi connectivity index (χ0) is 29.0. The van der Waals surface area contributed by atoms with Crippen molar-refractivity contribution in [3.8, 4) is 0 Å². The van der Waals surface area contributed by atoms with E-state index in [1.165, 1.54) is 67.5 Å². The summed E-state index contributed by atoms with van der Waals surface area (Å²) in [5.74, 6) is -4.88. The molecule has 3 N–H and O–H groups in total. The minimum atomic E-state index is -3.14. The lowest BCUT2D eigenvalue weighted by Gasteiger charge is -2.38. The van der Waals surface area contributed by atoms with Gasteiger partial charge in [-0.1, -0.05) is 12.1 Å². The van der Waals surface area contributed by atoms with Crippen molar-refractivity contribution >= 4 is 23.7 Å². The van der Waals surface area contributed by atoms with Gasteiger partial charge in [0.25, 0.3) is 17.7 Å². The molecule has 2 atom stereocenters. The third kappa shape index (κ3) is 6.39. The first kappa shape index (κ1) is 28.5. The Hall–Kier alpha value is -4.46. The van der Waals surface area contributed by atoms with E-state index in [4.69, 9.17) is 4.74 Å². The van der Waals surface area contributed by atoms with Crippen LogP contribution >= 0.6 is 0 Å². The van der Waals surface area contributed by atoms with Crippen LogP contribution < -0.4 is 16.0 Å². The third-order valence-electron chi connectivity index (χ3n) is 6.39. The average Bonchev–Trinajstić information content (AvgIpc) is 3.35. The fraction of sp³-hybridized carbons (Fsp3) is 0.346. The molecule has 14 heteroatoms. The van der Waals surface area contributed by atoms with Crippen LogP contribution in [0.4, 0.5) is 23.8 Å². The number of methoxy groups -OCH3 is 1. The van der Waals surface area contributed by atoms with Crippen LogP contribution in [0.2, 0.25) is 0 Å². The third-order valence-corrected chi connectivity index (χ3v) is 6.39. The van der Waals surface area contributed by atoms with Gasteiger partial charge in [0.05, 0.1) is 25.7 Å². The van der Waals surface area contributed by atoms with Gasteiger partial charge >= 0.3 is 6.03 Å². The molecule has 1 saturated heterocycles. The van der Waals surface area contributed by atoms with Gasteiger partial charge in [-0.25, -0.2) is 22.9 Å². The van der Waals surface area contributed by atoms with E-state index in [1.807, 2.05) is 0 Å². The number of urea groups is 1. The highest BCUT2D eigenvalue weighted by atomic mass is 19.3. The van der Waals surface area contributed by atoms with Crippen LogP contribution in [0, 0.1) is 12.7 Å². The van der Waals surface area contributed by atoms with Crippen molar-refractivity contribution in [2.75, 3.05) is 32.1 Å². The molecule has 1 fully saturated rings. The summed E-state index contributed by atoms with van der Waals surface area (Å²) in [6, 6.07) is 5.59. The Morgan fingerprint density at radius 3 is 2.62 bits per heavy atom. The number of pyridine rings is 1. The lowest BCUT2D eigenvalue weighted by atomic mass is 10.0. The monoisotopic (exact) mass is 559 g/mol. The number of amides is 4. The fourth-order valence-corrected chi connectivity index (χ4v) is 4.33. The van der Waals surface area contributed by atoms with Crippen LogP contribution in [0.3, 0.4) is 0 Å². The molecule has 1 aliphatic heterocycles. The summed E-state index contributed by atoms with van der Waals surface area (Å²) in [6.45, 7) is -0.158. The Balaban J connectivity index is 1.61. The molecule has 3 aromatic rings. The van der Waals surface area contributed by atoms with Crippen LogP contribution in [0.5, 0.6) is 0 Å². The maximum absolute atomic E-state index is 14.1. The first-order valence-electron chi connectivity index (χ1n) is 12.2.